The second kappa shape index (κ2) is 7.43. The third-order valence-electron chi connectivity index (χ3n) is 2.61. The fourth-order valence-corrected chi connectivity index (χ4v) is 1.64. The standard InChI is InChI=1S/C12H23N3/c1-3-5-7-9-12-11-15(14-13-12)10-8-6-4-2/h11H,3-10H2,1-2H3. The van der Waals surface area contributed by atoms with E-state index in [1.165, 1.54) is 38.5 Å². The van der Waals surface area contributed by atoms with Crippen molar-refractivity contribution in [3.8, 4) is 0 Å². The molecule has 0 radical (unpaired) electrons. The number of aryl methyl sites for hydroxylation is 2. The Balaban J connectivity index is 2.23. The Morgan fingerprint density at radius 1 is 1.07 bits per heavy atom. The van der Waals surface area contributed by atoms with E-state index in [2.05, 4.69) is 30.4 Å². The third-order valence-corrected chi connectivity index (χ3v) is 2.61. The van der Waals surface area contributed by atoms with Gasteiger partial charge < -0.3 is 0 Å². The average molecular weight is 209 g/mol. The predicted octanol–water partition coefficient (Wildman–Crippen LogP) is 3.20. The van der Waals surface area contributed by atoms with Gasteiger partial charge in [-0.2, -0.15) is 0 Å². The molecule has 0 N–H and O–H groups in total. The summed E-state index contributed by atoms with van der Waals surface area (Å²) in [4.78, 5) is 0. The maximum Gasteiger partial charge on any atom is 0.0827 e. The summed E-state index contributed by atoms with van der Waals surface area (Å²) in [7, 11) is 0. The lowest BCUT2D eigenvalue weighted by molar-refractivity contribution is 0.537. The topological polar surface area (TPSA) is 30.7 Å². The molecule has 15 heavy (non-hydrogen) atoms. The number of hydrogen-bond acceptors (Lipinski definition) is 2. The minimum atomic E-state index is 1.02. The summed E-state index contributed by atoms with van der Waals surface area (Å²) in [5.41, 5.74) is 1.15. The van der Waals surface area contributed by atoms with Crippen LogP contribution in [0.4, 0.5) is 0 Å². The Labute approximate surface area is 92.9 Å². The summed E-state index contributed by atoms with van der Waals surface area (Å²) >= 11 is 0. The Morgan fingerprint density at radius 3 is 2.53 bits per heavy atom. The molecule has 1 heterocycles. The van der Waals surface area contributed by atoms with Gasteiger partial charge in [-0.1, -0.05) is 44.7 Å². The van der Waals surface area contributed by atoms with E-state index in [-0.39, 0.29) is 0 Å². The molecule has 1 aromatic heterocycles. The van der Waals surface area contributed by atoms with Crippen LogP contribution in [0.3, 0.4) is 0 Å². The van der Waals surface area contributed by atoms with Gasteiger partial charge >= 0.3 is 0 Å². The molecule has 0 unspecified atom stereocenters. The molecular weight excluding hydrogens is 186 g/mol. The summed E-state index contributed by atoms with van der Waals surface area (Å²) in [6.45, 7) is 5.47. The van der Waals surface area contributed by atoms with E-state index in [4.69, 9.17) is 0 Å². The lowest BCUT2D eigenvalue weighted by atomic mass is 10.2. The minimum Gasteiger partial charge on any atom is -0.252 e. The molecule has 1 rings (SSSR count). The average Bonchev–Trinajstić information content (AvgIpc) is 2.67. The molecule has 0 amide bonds. The van der Waals surface area contributed by atoms with Crippen LogP contribution in [0.5, 0.6) is 0 Å². The van der Waals surface area contributed by atoms with Crippen molar-refractivity contribution in [3.05, 3.63) is 11.9 Å². The lowest BCUT2D eigenvalue weighted by Crippen LogP contribution is -1.98. The zero-order valence-electron chi connectivity index (χ0n) is 10.1. The molecule has 86 valence electrons. The van der Waals surface area contributed by atoms with E-state index >= 15 is 0 Å². The van der Waals surface area contributed by atoms with Gasteiger partial charge in [0.1, 0.15) is 0 Å². The van der Waals surface area contributed by atoms with Crippen LogP contribution in [-0.4, -0.2) is 15.0 Å². The first-order valence-corrected chi connectivity index (χ1v) is 6.25. The summed E-state index contributed by atoms with van der Waals surface area (Å²) in [5.74, 6) is 0. The molecule has 1 aromatic rings. The molecule has 0 bridgehead atoms. The van der Waals surface area contributed by atoms with Crippen molar-refractivity contribution in [2.45, 2.75) is 65.3 Å². The fraction of sp³-hybridized carbons (Fsp3) is 0.833. The number of hydrogen-bond donors (Lipinski definition) is 0. The normalized spacial score (nSPS) is 10.8. The third kappa shape index (κ3) is 4.96. The van der Waals surface area contributed by atoms with E-state index in [1.54, 1.807) is 0 Å². The molecule has 3 heteroatoms. The van der Waals surface area contributed by atoms with Crippen molar-refractivity contribution >= 4 is 0 Å². The predicted molar refractivity (Wildman–Crippen MR) is 62.8 cm³/mol. The van der Waals surface area contributed by atoms with Crippen molar-refractivity contribution in [1.29, 1.82) is 0 Å². The number of rotatable bonds is 8. The van der Waals surface area contributed by atoms with Crippen molar-refractivity contribution in [3.63, 3.8) is 0 Å². The molecular formula is C12H23N3. The van der Waals surface area contributed by atoms with E-state index < -0.39 is 0 Å². The number of aromatic nitrogens is 3. The molecule has 0 aromatic carbocycles. The Kier molecular flexibility index (Phi) is 6.05. The highest BCUT2D eigenvalue weighted by atomic mass is 15.4. The van der Waals surface area contributed by atoms with Gasteiger partial charge in [0.25, 0.3) is 0 Å². The molecule has 0 aliphatic heterocycles. The Morgan fingerprint density at radius 2 is 1.80 bits per heavy atom. The second-order valence-corrected chi connectivity index (χ2v) is 4.14. The van der Waals surface area contributed by atoms with Gasteiger partial charge in [0.2, 0.25) is 0 Å². The van der Waals surface area contributed by atoms with Crippen molar-refractivity contribution in [1.82, 2.24) is 15.0 Å². The summed E-state index contributed by atoms with van der Waals surface area (Å²) in [6.07, 6.45) is 10.8. The van der Waals surface area contributed by atoms with Crippen molar-refractivity contribution in [2.24, 2.45) is 0 Å². The maximum absolute atomic E-state index is 4.18. The van der Waals surface area contributed by atoms with Gasteiger partial charge in [0.05, 0.1) is 5.69 Å². The Bertz CT molecular complexity index is 231. The zero-order chi connectivity index (χ0) is 10.9. The van der Waals surface area contributed by atoms with Gasteiger partial charge in [-0.3, -0.25) is 4.68 Å². The first-order chi connectivity index (χ1) is 7.36. The molecule has 0 saturated heterocycles. The van der Waals surface area contributed by atoms with Crippen LogP contribution in [0, 0.1) is 0 Å². The first kappa shape index (κ1) is 12.2. The van der Waals surface area contributed by atoms with Crippen LogP contribution in [0.25, 0.3) is 0 Å². The highest BCUT2D eigenvalue weighted by Gasteiger charge is 1.99. The largest absolute Gasteiger partial charge is 0.252 e. The summed E-state index contributed by atoms with van der Waals surface area (Å²) in [6, 6.07) is 0. The van der Waals surface area contributed by atoms with Crippen LogP contribution >= 0.6 is 0 Å². The molecule has 3 nitrogen and oxygen atoms in total. The maximum atomic E-state index is 4.18. The van der Waals surface area contributed by atoms with Crippen LogP contribution in [0.15, 0.2) is 6.20 Å². The number of nitrogens with zero attached hydrogens (tertiary/aromatic N) is 3. The SMILES string of the molecule is CCCCCc1cn(CCCCC)nn1. The first-order valence-electron chi connectivity index (χ1n) is 6.25. The van der Waals surface area contributed by atoms with Gasteiger partial charge in [-0.05, 0) is 19.3 Å². The summed E-state index contributed by atoms with van der Waals surface area (Å²) < 4.78 is 1.98. The molecule has 0 aliphatic rings. The fourth-order valence-electron chi connectivity index (χ4n) is 1.64. The van der Waals surface area contributed by atoms with Crippen LogP contribution in [0.2, 0.25) is 0 Å². The zero-order valence-corrected chi connectivity index (χ0v) is 10.1. The molecule has 0 saturated carbocycles. The monoisotopic (exact) mass is 209 g/mol. The van der Waals surface area contributed by atoms with E-state index in [1.807, 2.05) is 4.68 Å². The van der Waals surface area contributed by atoms with E-state index in [9.17, 15) is 0 Å². The minimum absolute atomic E-state index is 1.02. The van der Waals surface area contributed by atoms with Gasteiger partial charge in [-0.15, -0.1) is 5.10 Å². The lowest BCUT2D eigenvalue weighted by Gasteiger charge is -1.97. The van der Waals surface area contributed by atoms with E-state index in [0.717, 1.165) is 18.7 Å². The van der Waals surface area contributed by atoms with Crippen molar-refractivity contribution in [2.75, 3.05) is 0 Å². The van der Waals surface area contributed by atoms with E-state index in [0.29, 0.717) is 0 Å². The van der Waals surface area contributed by atoms with Gasteiger partial charge in [0.15, 0.2) is 0 Å². The van der Waals surface area contributed by atoms with Crippen LogP contribution < -0.4 is 0 Å². The molecule has 0 spiro atoms. The molecule has 0 fully saturated rings. The highest BCUT2D eigenvalue weighted by Crippen LogP contribution is 2.04. The van der Waals surface area contributed by atoms with Crippen LogP contribution in [-0.2, 0) is 13.0 Å². The Hall–Kier alpha value is -0.860. The molecule has 0 atom stereocenters. The quantitative estimate of drug-likeness (QED) is 0.615. The summed E-state index contributed by atoms with van der Waals surface area (Å²) in [5, 5.41) is 8.31. The number of unbranched alkanes of at least 4 members (excludes halogenated alkanes) is 4. The smallest absolute Gasteiger partial charge is 0.0827 e. The van der Waals surface area contributed by atoms with Crippen molar-refractivity contribution < 1.29 is 0 Å². The highest BCUT2D eigenvalue weighted by molar-refractivity contribution is 4.91. The van der Waals surface area contributed by atoms with Crippen LogP contribution in [0.1, 0.15) is 58.1 Å². The van der Waals surface area contributed by atoms with Gasteiger partial charge in [0, 0.05) is 12.7 Å². The molecule has 0 aliphatic carbocycles. The van der Waals surface area contributed by atoms with Gasteiger partial charge in [-0.25, -0.2) is 0 Å². The second-order valence-electron chi connectivity index (χ2n) is 4.14.